The van der Waals surface area contributed by atoms with Crippen molar-refractivity contribution in [1.29, 1.82) is 0 Å². The van der Waals surface area contributed by atoms with E-state index in [0.29, 0.717) is 5.56 Å². The molecule has 1 atom stereocenters. The molecule has 3 N–H and O–H groups in total. The Bertz CT molecular complexity index is 577. The van der Waals surface area contributed by atoms with E-state index in [1.807, 2.05) is 50.2 Å². The van der Waals surface area contributed by atoms with Crippen molar-refractivity contribution in [2.24, 2.45) is 0 Å². The monoisotopic (exact) mass is 272 g/mol. The van der Waals surface area contributed by atoms with E-state index in [-0.39, 0.29) is 17.5 Å². The summed E-state index contributed by atoms with van der Waals surface area (Å²) in [5.74, 6) is 0.183. The molecule has 0 aliphatic carbocycles. The molecule has 0 aliphatic heterocycles. The lowest BCUT2D eigenvalue weighted by atomic mass is 10.1. The Hall–Kier alpha value is -2.36. The van der Waals surface area contributed by atoms with Crippen LogP contribution in [0.1, 0.15) is 18.5 Å². The molecule has 0 saturated heterocycles. The van der Waals surface area contributed by atoms with Gasteiger partial charge < -0.3 is 20.4 Å². The van der Waals surface area contributed by atoms with E-state index in [4.69, 9.17) is 0 Å². The molecule has 106 valence electrons. The van der Waals surface area contributed by atoms with Crippen molar-refractivity contribution in [1.82, 2.24) is 0 Å². The van der Waals surface area contributed by atoms with Gasteiger partial charge in [-0.1, -0.05) is 12.1 Å². The summed E-state index contributed by atoms with van der Waals surface area (Å²) in [6.45, 7) is 1.90. The largest absolute Gasteiger partial charge is 0.507 e. The third kappa shape index (κ3) is 2.96. The lowest BCUT2D eigenvalue weighted by molar-refractivity contribution is 0.434. The van der Waals surface area contributed by atoms with E-state index in [1.54, 1.807) is 18.2 Å². The van der Waals surface area contributed by atoms with E-state index in [1.165, 1.54) is 0 Å². The molecular weight excluding hydrogens is 252 g/mol. The van der Waals surface area contributed by atoms with E-state index >= 15 is 0 Å². The highest BCUT2D eigenvalue weighted by Gasteiger charge is 2.14. The maximum absolute atomic E-state index is 9.87. The fourth-order valence-electron chi connectivity index (χ4n) is 2.18. The summed E-state index contributed by atoms with van der Waals surface area (Å²) in [4.78, 5) is 2.02. The summed E-state index contributed by atoms with van der Waals surface area (Å²) in [6.07, 6.45) is 0. The standard InChI is InChI=1S/C16H20N2O2/c1-11(16-14(19)8-5-9-15(16)20)17-12-6-4-7-13(10-12)18(2)3/h4-11,17,19-20H,1-3H3. The van der Waals surface area contributed by atoms with Gasteiger partial charge in [-0.3, -0.25) is 0 Å². The Morgan fingerprint density at radius 2 is 1.60 bits per heavy atom. The highest BCUT2D eigenvalue weighted by Crippen LogP contribution is 2.34. The molecule has 4 nitrogen and oxygen atoms in total. The van der Waals surface area contributed by atoms with Crippen molar-refractivity contribution >= 4 is 11.4 Å². The van der Waals surface area contributed by atoms with Crippen LogP contribution in [-0.2, 0) is 0 Å². The van der Waals surface area contributed by atoms with E-state index in [2.05, 4.69) is 5.32 Å². The van der Waals surface area contributed by atoms with Crippen LogP contribution in [0.3, 0.4) is 0 Å². The molecule has 2 aromatic carbocycles. The lowest BCUT2D eigenvalue weighted by Crippen LogP contribution is -2.10. The number of hydrogen-bond acceptors (Lipinski definition) is 4. The van der Waals surface area contributed by atoms with E-state index in [0.717, 1.165) is 11.4 Å². The summed E-state index contributed by atoms with van der Waals surface area (Å²) < 4.78 is 0. The van der Waals surface area contributed by atoms with Crippen molar-refractivity contribution in [2.75, 3.05) is 24.3 Å². The molecule has 0 aromatic heterocycles. The van der Waals surface area contributed by atoms with Crippen LogP contribution in [0, 0.1) is 0 Å². The molecule has 4 heteroatoms. The summed E-state index contributed by atoms with van der Waals surface area (Å²) in [7, 11) is 3.97. The van der Waals surface area contributed by atoms with Crippen LogP contribution in [0.2, 0.25) is 0 Å². The third-order valence-electron chi connectivity index (χ3n) is 3.24. The number of benzene rings is 2. The van der Waals surface area contributed by atoms with Gasteiger partial charge in [-0.15, -0.1) is 0 Å². The van der Waals surface area contributed by atoms with Crippen molar-refractivity contribution in [3.05, 3.63) is 48.0 Å². The molecular formula is C16H20N2O2. The molecule has 0 spiro atoms. The summed E-state index contributed by atoms with van der Waals surface area (Å²) in [6, 6.07) is 12.5. The van der Waals surface area contributed by atoms with Gasteiger partial charge in [0.15, 0.2) is 0 Å². The van der Waals surface area contributed by atoms with Crippen LogP contribution < -0.4 is 10.2 Å². The average Bonchev–Trinajstić information content (AvgIpc) is 2.38. The fourth-order valence-corrected chi connectivity index (χ4v) is 2.18. The van der Waals surface area contributed by atoms with Gasteiger partial charge in [-0.2, -0.15) is 0 Å². The van der Waals surface area contributed by atoms with Gasteiger partial charge in [0.05, 0.1) is 11.6 Å². The molecule has 20 heavy (non-hydrogen) atoms. The quantitative estimate of drug-likeness (QED) is 0.799. The number of phenols is 2. The third-order valence-corrected chi connectivity index (χ3v) is 3.24. The predicted molar refractivity (Wildman–Crippen MR) is 82.6 cm³/mol. The SMILES string of the molecule is CC(Nc1cccc(N(C)C)c1)c1c(O)cccc1O. The Morgan fingerprint density at radius 1 is 1.00 bits per heavy atom. The molecule has 2 rings (SSSR count). The highest BCUT2D eigenvalue weighted by molar-refractivity contribution is 5.59. The van der Waals surface area contributed by atoms with Crippen molar-refractivity contribution in [3.8, 4) is 11.5 Å². The second kappa shape index (κ2) is 5.74. The number of aromatic hydroxyl groups is 2. The van der Waals surface area contributed by atoms with Crippen LogP contribution in [0.15, 0.2) is 42.5 Å². The number of nitrogens with one attached hydrogen (secondary N) is 1. The normalized spacial score (nSPS) is 11.9. The molecule has 2 aromatic rings. The van der Waals surface area contributed by atoms with Crippen LogP contribution in [0.5, 0.6) is 11.5 Å². The van der Waals surface area contributed by atoms with Gasteiger partial charge in [0.25, 0.3) is 0 Å². The van der Waals surface area contributed by atoms with Crippen LogP contribution in [-0.4, -0.2) is 24.3 Å². The second-order valence-corrected chi connectivity index (χ2v) is 5.02. The maximum atomic E-state index is 9.87. The summed E-state index contributed by atoms with van der Waals surface area (Å²) in [5, 5.41) is 23.0. The number of anilines is 2. The first-order valence-electron chi connectivity index (χ1n) is 6.54. The molecule has 0 amide bonds. The maximum Gasteiger partial charge on any atom is 0.124 e. The van der Waals surface area contributed by atoms with Crippen LogP contribution in [0.4, 0.5) is 11.4 Å². The second-order valence-electron chi connectivity index (χ2n) is 5.02. The summed E-state index contributed by atoms with van der Waals surface area (Å²) >= 11 is 0. The fraction of sp³-hybridized carbons (Fsp3) is 0.250. The molecule has 0 heterocycles. The molecule has 0 radical (unpaired) electrons. The van der Waals surface area contributed by atoms with Crippen molar-refractivity contribution in [3.63, 3.8) is 0 Å². The number of hydrogen-bond donors (Lipinski definition) is 3. The predicted octanol–water partition coefficient (Wildman–Crippen LogP) is 3.34. The van der Waals surface area contributed by atoms with Crippen LogP contribution in [0.25, 0.3) is 0 Å². The summed E-state index contributed by atoms with van der Waals surface area (Å²) in [5.41, 5.74) is 2.53. The van der Waals surface area contributed by atoms with Gasteiger partial charge in [0, 0.05) is 25.5 Å². The topological polar surface area (TPSA) is 55.7 Å². The lowest BCUT2D eigenvalue weighted by Gasteiger charge is -2.20. The smallest absolute Gasteiger partial charge is 0.124 e. The molecule has 0 aliphatic rings. The first kappa shape index (κ1) is 14.1. The van der Waals surface area contributed by atoms with Gasteiger partial charge in [-0.05, 0) is 37.3 Å². The Labute approximate surface area is 119 Å². The van der Waals surface area contributed by atoms with Crippen molar-refractivity contribution in [2.45, 2.75) is 13.0 Å². The van der Waals surface area contributed by atoms with Gasteiger partial charge in [0.2, 0.25) is 0 Å². The van der Waals surface area contributed by atoms with Gasteiger partial charge in [0.1, 0.15) is 11.5 Å². The molecule has 0 bridgehead atoms. The average molecular weight is 272 g/mol. The Kier molecular flexibility index (Phi) is 4.03. The minimum Gasteiger partial charge on any atom is -0.507 e. The van der Waals surface area contributed by atoms with Crippen LogP contribution >= 0.6 is 0 Å². The number of nitrogens with zero attached hydrogens (tertiary/aromatic N) is 1. The molecule has 1 unspecified atom stereocenters. The number of rotatable bonds is 4. The minimum atomic E-state index is -0.200. The minimum absolute atomic E-state index is 0.0914. The van der Waals surface area contributed by atoms with Gasteiger partial charge in [-0.25, -0.2) is 0 Å². The number of phenolic OH excluding ortho intramolecular Hbond substituents is 2. The highest BCUT2D eigenvalue weighted by atomic mass is 16.3. The van der Waals surface area contributed by atoms with E-state index < -0.39 is 0 Å². The first-order valence-corrected chi connectivity index (χ1v) is 6.54. The first-order chi connectivity index (χ1) is 9.49. The van der Waals surface area contributed by atoms with Crippen molar-refractivity contribution < 1.29 is 10.2 Å². The Balaban J connectivity index is 2.23. The zero-order chi connectivity index (χ0) is 14.7. The molecule has 0 fully saturated rings. The Morgan fingerprint density at radius 3 is 2.20 bits per heavy atom. The van der Waals surface area contributed by atoms with E-state index in [9.17, 15) is 10.2 Å². The van der Waals surface area contributed by atoms with Gasteiger partial charge >= 0.3 is 0 Å². The zero-order valence-electron chi connectivity index (χ0n) is 12.0. The molecule has 0 saturated carbocycles. The zero-order valence-corrected chi connectivity index (χ0v) is 12.0.